The molecule has 0 spiro atoms. The van der Waals surface area contributed by atoms with Crippen molar-refractivity contribution in [3.05, 3.63) is 40.9 Å². The molecule has 5 heteroatoms. The molecule has 1 aromatic heterocycles. The van der Waals surface area contributed by atoms with Gasteiger partial charge in [0.2, 0.25) is 5.13 Å². The van der Waals surface area contributed by atoms with Crippen LogP contribution in [0.25, 0.3) is 0 Å². The number of nitrogens with one attached hydrogen (secondary N) is 1. The van der Waals surface area contributed by atoms with Crippen molar-refractivity contribution >= 4 is 16.5 Å². The number of nitriles is 1. The summed E-state index contributed by atoms with van der Waals surface area (Å²) in [7, 11) is 0. The molecule has 0 aliphatic heterocycles. The molecular formula is C10H8N4S. The molecule has 0 saturated carbocycles. The topological polar surface area (TPSA) is 61.6 Å². The van der Waals surface area contributed by atoms with Crippen molar-refractivity contribution in [3.8, 4) is 6.07 Å². The van der Waals surface area contributed by atoms with Gasteiger partial charge in [-0.25, -0.2) is 0 Å². The van der Waals surface area contributed by atoms with Gasteiger partial charge in [-0.1, -0.05) is 23.5 Å². The van der Waals surface area contributed by atoms with Gasteiger partial charge in [0.05, 0.1) is 11.6 Å². The minimum atomic E-state index is 0.657. The molecule has 0 aliphatic carbocycles. The Bertz CT molecular complexity index is 472. The molecule has 1 N–H and O–H groups in total. The molecule has 4 nitrogen and oxygen atoms in total. The zero-order chi connectivity index (χ0) is 10.5. The van der Waals surface area contributed by atoms with Crippen molar-refractivity contribution in [2.75, 3.05) is 5.32 Å². The molecule has 0 unspecified atom stereocenters. The maximum Gasteiger partial charge on any atom is 0.205 e. The first kappa shape index (κ1) is 9.62. The van der Waals surface area contributed by atoms with Gasteiger partial charge in [-0.2, -0.15) is 5.26 Å². The van der Waals surface area contributed by atoms with Gasteiger partial charge in [-0.15, -0.1) is 10.2 Å². The highest BCUT2D eigenvalue weighted by atomic mass is 32.1. The first-order valence-corrected chi connectivity index (χ1v) is 5.25. The summed E-state index contributed by atoms with van der Waals surface area (Å²) in [5.74, 6) is 0. The van der Waals surface area contributed by atoms with Gasteiger partial charge in [0.15, 0.2) is 0 Å². The Hall–Kier alpha value is -1.93. The fourth-order valence-corrected chi connectivity index (χ4v) is 1.62. The molecule has 2 aromatic rings. The molecule has 2 rings (SSSR count). The number of rotatable bonds is 3. The maximum atomic E-state index is 8.72. The molecule has 1 aromatic carbocycles. The summed E-state index contributed by atoms with van der Waals surface area (Å²) in [5.41, 5.74) is 3.41. The monoisotopic (exact) mass is 216 g/mol. The summed E-state index contributed by atoms with van der Waals surface area (Å²) in [6.07, 6.45) is 0. The van der Waals surface area contributed by atoms with Gasteiger partial charge in [0, 0.05) is 6.54 Å². The summed E-state index contributed by atoms with van der Waals surface area (Å²) >= 11 is 1.45. The van der Waals surface area contributed by atoms with Gasteiger partial charge in [0.1, 0.15) is 5.51 Å². The Labute approximate surface area is 91.2 Å². The predicted molar refractivity (Wildman–Crippen MR) is 58.4 cm³/mol. The number of aromatic nitrogens is 2. The number of hydrogen-bond donors (Lipinski definition) is 1. The summed E-state index contributed by atoms with van der Waals surface area (Å²) in [6.45, 7) is 0.657. The highest BCUT2D eigenvalue weighted by molar-refractivity contribution is 7.13. The van der Waals surface area contributed by atoms with E-state index in [1.54, 1.807) is 11.6 Å². The fraction of sp³-hybridized carbons (Fsp3) is 0.100. The zero-order valence-electron chi connectivity index (χ0n) is 7.84. The van der Waals surface area contributed by atoms with Gasteiger partial charge < -0.3 is 5.32 Å². The van der Waals surface area contributed by atoms with Crippen molar-refractivity contribution < 1.29 is 0 Å². The van der Waals surface area contributed by atoms with E-state index in [4.69, 9.17) is 5.26 Å². The van der Waals surface area contributed by atoms with Crippen LogP contribution in [0.5, 0.6) is 0 Å². The van der Waals surface area contributed by atoms with E-state index in [1.165, 1.54) is 11.3 Å². The lowest BCUT2D eigenvalue weighted by Gasteiger charge is -2.01. The molecule has 0 amide bonds. The van der Waals surface area contributed by atoms with Crippen LogP contribution in [-0.4, -0.2) is 10.2 Å². The Kier molecular flexibility index (Phi) is 2.90. The highest BCUT2D eigenvalue weighted by Gasteiger charge is 1.97. The third-order valence-electron chi connectivity index (χ3n) is 1.86. The Morgan fingerprint density at radius 2 is 2.40 bits per heavy atom. The van der Waals surface area contributed by atoms with Gasteiger partial charge in [0.25, 0.3) is 0 Å². The van der Waals surface area contributed by atoms with Crippen LogP contribution in [0.2, 0.25) is 0 Å². The van der Waals surface area contributed by atoms with Crippen LogP contribution in [0.4, 0.5) is 5.13 Å². The number of nitrogens with zero attached hydrogens (tertiary/aromatic N) is 3. The second-order valence-electron chi connectivity index (χ2n) is 2.91. The molecule has 0 saturated heterocycles. The van der Waals surface area contributed by atoms with E-state index in [2.05, 4.69) is 21.6 Å². The minimum Gasteiger partial charge on any atom is -0.356 e. The van der Waals surface area contributed by atoms with Crippen LogP contribution in [0.15, 0.2) is 29.8 Å². The van der Waals surface area contributed by atoms with Crippen molar-refractivity contribution in [2.24, 2.45) is 0 Å². The lowest BCUT2D eigenvalue weighted by molar-refractivity contribution is 1.05. The van der Waals surface area contributed by atoms with Crippen molar-refractivity contribution in [1.29, 1.82) is 5.26 Å². The first-order chi connectivity index (χ1) is 7.38. The van der Waals surface area contributed by atoms with Gasteiger partial charge in [-0.3, -0.25) is 0 Å². The second-order valence-corrected chi connectivity index (χ2v) is 3.74. The predicted octanol–water partition coefficient (Wildman–Crippen LogP) is 2.02. The molecule has 1 heterocycles. The third-order valence-corrected chi connectivity index (χ3v) is 2.51. The minimum absolute atomic E-state index is 0.657. The second kappa shape index (κ2) is 4.53. The van der Waals surface area contributed by atoms with Crippen LogP contribution >= 0.6 is 11.3 Å². The van der Waals surface area contributed by atoms with Crippen LogP contribution in [0, 0.1) is 11.3 Å². The summed E-state index contributed by atoms with van der Waals surface area (Å²) in [6, 6.07) is 9.59. The van der Waals surface area contributed by atoms with E-state index < -0.39 is 0 Å². The molecule has 74 valence electrons. The average molecular weight is 216 g/mol. The van der Waals surface area contributed by atoms with Crippen molar-refractivity contribution in [1.82, 2.24) is 10.2 Å². The van der Waals surface area contributed by atoms with E-state index in [0.717, 1.165) is 10.7 Å². The lowest BCUT2D eigenvalue weighted by Crippen LogP contribution is -1.99. The van der Waals surface area contributed by atoms with Crippen LogP contribution in [-0.2, 0) is 6.54 Å². The molecule has 0 fully saturated rings. The number of hydrogen-bond acceptors (Lipinski definition) is 5. The smallest absolute Gasteiger partial charge is 0.205 e. The highest BCUT2D eigenvalue weighted by Crippen LogP contribution is 2.11. The SMILES string of the molecule is N#Cc1cccc(CNc2nncs2)c1. The van der Waals surface area contributed by atoms with E-state index in [1.807, 2.05) is 18.2 Å². The number of benzene rings is 1. The fourth-order valence-electron chi connectivity index (χ4n) is 1.18. The first-order valence-electron chi connectivity index (χ1n) is 4.37. The van der Waals surface area contributed by atoms with Crippen molar-refractivity contribution in [3.63, 3.8) is 0 Å². The largest absolute Gasteiger partial charge is 0.356 e. The molecule has 0 bridgehead atoms. The van der Waals surface area contributed by atoms with Crippen LogP contribution < -0.4 is 5.32 Å². The Balaban J connectivity index is 2.02. The normalized spacial score (nSPS) is 9.53. The Morgan fingerprint density at radius 1 is 1.47 bits per heavy atom. The van der Waals surface area contributed by atoms with E-state index >= 15 is 0 Å². The Morgan fingerprint density at radius 3 is 3.13 bits per heavy atom. The van der Waals surface area contributed by atoms with Crippen molar-refractivity contribution in [2.45, 2.75) is 6.54 Å². The summed E-state index contributed by atoms with van der Waals surface area (Å²) in [5, 5.41) is 20.2. The number of anilines is 1. The lowest BCUT2D eigenvalue weighted by atomic mass is 10.1. The van der Waals surface area contributed by atoms with Crippen LogP contribution in [0.1, 0.15) is 11.1 Å². The average Bonchev–Trinajstić information content (AvgIpc) is 2.79. The zero-order valence-corrected chi connectivity index (χ0v) is 8.66. The molecule has 0 aliphatic rings. The third kappa shape index (κ3) is 2.51. The standard InChI is InChI=1S/C10H8N4S/c11-5-8-2-1-3-9(4-8)6-12-10-14-13-7-15-10/h1-4,7H,6H2,(H,12,14). The van der Waals surface area contributed by atoms with Crippen LogP contribution in [0.3, 0.4) is 0 Å². The van der Waals surface area contributed by atoms with E-state index in [0.29, 0.717) is 12.1 Å². The maximum absolute atomic E-state index is 8.72. The summed E-state index contributed by atoms with van der Waals surface area (Å²) < 4.78 is 0. The quantitative estimate of drug-likeness (QED) is 0.852. The van der Waals surface area contributed by atoms with Gasteiger partial charge >= 0.3 is 0 Å². The van der Waals surface area contributed by atoms with Gasteiger partial charge in [-0.05, 0) is 17.7 Å². The molecular weight excluding hydrogens is 208 g/mol. The summed E-state index contributed by atoms with van der Waals surface area (Å²) in [4.78, 5) is 0. The molecule has 15 heavy (non-hydrogen) atoms. The molecule has 0 atom stereocenters. The molecule has 0 radical (unpaired) electrons. The van der Waals surface area contributed by atoms with E-state index in [-0.39, 0.29) is 0 Å². The van der Waals surface area contributed by atoms with E-state index in [9.17, 15) is 0 Å².